The van der Waals surface area contributed by atoms with Gasteiger partial charge in [-0.3, -0.25) is 0 Å². The van der Waals surface area contributed by atoms with Gasteiger partial charge in [-0.15, -0.1) is 0 Å². The van der Waals surface area contributed by atoms with Gasteiger partial charge in [-0.2, -0.15) is 0 Å². The highest BCUT2D eigenvalue weighted by molar-refractivity contribution is 7.15. The summed E-state index contributed by atoms with van der Waals surface area (Å²) in [5.41, 5.74) is 3.32. The van der Waals surface area contributed by atoms with E-state index in [2.05, 4.69) is 16.6 Å². The Morgan fingerprint density at radius 3 is 3.14 bits per heavy atom. The number of thiazole rings is 1. The second kappa shape index (κ2) is 5.98. The van der Waals surface area contributed by atoms with Crippen LogP contribution in [0.3, 0.4) is 0 Å². The molecule has 6 heteroatoms. The first-order valence-corrected chi connectivity index (χ1v) is 7.80. The zero-order valence-corrected chi connectivity index (χ0v) is 13.0. The van der Waals surface area contributed by atoms with E-state index in [4.69, 9.17) is 0 Å². The lowest BCUT2D eigenvalue weighted by atomic mass is 10.1. The van der Waals surface area contributed by atoms with E-state index in [0.717, 1.165) is 34.9 Å². The van der Waals surface area contributed by atoms with E-state index in [1.807, 2.05) is 11.8 Å². The number of rotatable bonds is 4. The first-order chi connectivity index (χ1) is 10.6. The minimum absolute atomic E-state index is 0.119. The number of hydrogen-bond donors (Lipinski definition) is 1. The summed E-state index contributed by atoms with van der Waals surface area (Å²) < 4.78 is 13.3. The molecular formula is C16H16FN3OS. The molecule has 0 radical (unpaired) electrons. The van der Waals surface area contributed by atoms with Crippen molar-refractivity contribution in [2.75, 3.05) is 11.4 Å². The van der Waals surface area contributed by atoms with Crippen LogP contribution in [0.25, 0.3) is 5.70 Å². The molecular weight excluding hydrogens is 301 g/mol. The molecule has 1 aromatic carbocycles. The second-order valence-corrected chi connectivity index (χ2v) is 5.99. The number of aliphatic hydroxyl groups excluding tert-OH is 1. The van der Waals surface area contributed by atoms with Crippen LogP contribution in [0.15, 0.2) is 29.8 Å². The molecule has 0 fully saturated rings. The van der Waals surface area contributed by atoms with Crippen molar-refractivity contribution in [1.82, 2.24) is 4.98 Å². The maximum absolute atomic E-state index is 13.3. The van der Waals surface area contributed by atoms with Gasteiger partial charge in [0.2, 0.25) is 0 Å². The van der Waals surface area contributed by atoms with Crippen LogP contribution in [0.5, 0.6) is 0 Å². The van der Waals surface area contributed by atoms with Crippen LogP contribution >= 0.6 is 11.3 Å². The molecule has 114 valence electrons. The van der Waals surface area contributed by atoms with E-state index < -0.39 is 0 Å². The Kier molecular flexibility index (Phi) is 4.04. The van der Waals surface area contributed by atoms with E-state index >= 15 is 0 Å². The lowest BCUT2D eigenvalue weighted by molar-refractivity contribution is 0.281. The van der Waals surface area contributed by atoms with Gasteiger partial charge in [0.15, 0.2) is 0 Å². The molecule has 1 aromatic heterocycles. The Morgan fingerprint density at radius 1 is 1.59 bits per heavy atom. The minimum Gasteiger partial charge on any atom is -0.389 e. The molecule has 0 saturated heterocycles. The van der Waals surface area contributed by atoms with Gasteiger partial charge in [-0.1, -0.05) is 17.9 Å². The van der Waals surface area contributed by atoms with E-state index in [1.54, 1.807) is 18.3 Å². The number of aromatic nitrogens is 1. The number of fused-ring (bicyclic) bond motifs is 1. The molecule has 1 N–H and O–H groups in total. The van der Waals surface area contributed by atoms with Crippen molar-refractivity contribution < 1.29 is 9.50 Å². The number of aliphatic hydroxyl groups is 1. The summed E-state index contributed by atoms with van der Waals surface area (Å²) in [5, 5.41) is 10.6. The Morgan fingerprint density at radius 2 is 2.41 bits per heavy atom. The molecule has 0 amide bonds. The monoisotopic (exact) mass is 317 g/mol. The van der Waals surface area contributed by atoms with Gasteiger partial charge in [0.25, 0.3) is 0 Å². The average molecular weight is 317 g/mol. The summed E-state index contributed by atoms with van der Waals surface area (Å²) in [6.45, 7) is 6.59. The standard InChI is InChI=1S/C16H16FN3OS/c1-3-18-16-15(19-14(9-21)22-16)10(2)20-7-6-11-8-12(17)4-5-13(11)20/h3-5,8,21H,2,6-7,9H2,1H3/b18-3-. The highest BCUT2D eigenvalue weighted by Gasteiger charge is 2.25. The largest absolute Gasteiger partial charge is 0.389 e. The fourth-order valence-corrected chi connectivity index (χ4v) is 3.44. The zero-order chi connectivity index (χ0) is 15.7. The number of aliphatic imine (C=N–C) groups is 1. The Hall–Kier alpha value is -2.05. The van der Waals surface area contributed by atoms with E-state index in [1.165, 1.54) is 17.4 Å². The van der Waals surface area contributed by atoms with E-state index in [-0.39, 0.29) is 12.4 Å². The third kappa shape index (κ3) is 2.55. The van der Waals surface area contributed by atoms with Crippen LogP contribution in [-0.2, 0) is 13.0 Å². The SMILES string of the molecule is C=C(c1nc(CO)sc1/N=C\C)N1CCc2cc(F)ccc21. The normalized spacial score (nSPS) is 13.9. The third-order valence-electron chi connectivity index (χ3n) is 3.57. The fourth-order valence-electron chi connectivity index (χ4n) is 2.59. The molecule has 0 atom stereocenters. The molecule has 0 saturated carbocycles. The summed E-state index contributed by atoms with van der Waals surface area (Å²) in [6, 6.07) is 4.79. The lowest BCUT2D eigenvalue weighted by Crippen LogP contribution is -2.18. The van der Waals surface area contributed by atoms with Crippen molar-refractivity contribution in [1.29, 1.82) is 0 Å². The molecule has 0 bridgehead atoms. The Bertz CT molecular complexity index is 754. The smallest absolute Gasteiger partial charge is 0.145 e. The molecule has 22 heavy (non-hydrogen) atoms. The highest BCUT2D eigenvalue weighted by Crippen LogP contribution is 2.39. The topological polar surface area (TPSA) is 48.7 Å². The molecule has 0 unspecified atom stereocenters. The predicted molar refractivity (Wildman–Crippen MR) is 88.3 cm³/mol. The van der Waals surface area contributed by atoms with Crippen LogP contribution in [0, 0.1) is 5.82 Å². The van der Waals surface area contributed by atoms with Crippen LogP contribution < -0.4 is 4.90 Å². The van der Waals surface area contributed by atoms with Crippen molar-refractivity contribution in [3.8, 4) is 0 Å². The van der Waals surface area contributed by atoms with Crippen molar-refractivity contribution in [3.63, 3.8) is 0 Å². The minimum atomic E-state index is -0.223. The maximum atomic E-state index is 13.3. The summed E-state index contributed by atoms with van der Waals surface area (Å²) in [6.07, 6.45) is 2.47. The molecule has 1 aliphatic rings. The number of benzene rings is 1. The van der Waals surface area contributed by atoms with Crippen LogP contribution in [0.4, 0.5) is 15.1 Å². The summed E-state index contributed by atoms with van der Waals surface area (Å²) >= 11 is 1.35. The van der Waals surface area contributed by atoms with Gasteiger partial charge in [0.1, 0.15) is 21.5 Å². The number of halogens is 1. The molecule has 2 heterocycles. The summed E-state index contributed by atoms with van der Waals surface area (Å²) in [5.74, 6) is -0.223. The van der Waals surface area contributed by atoms with Crippen LogP contribution in [0.1, 0.15) is 23.2 Å². The van der Waals surface area contributed by atoms with Crippen molar-refractivity contribution in [2.24, 2.45) is 4.99 Å². The quantitative estimate of drug-likeness (QED) is 0.878. The average Bonchev–Trinajstić information content (AvgIpc) is 3.10. The second-order valence-electron chi connectivity index (χ2n) is 4.93. The van der Waals surface area contributed by atoms with Crippen molar-refractivity contribution >= 4 is 33.9 Å². The Labute approximate surface area is 132 Å². The molecule has 3 rings (SSSR count). The number of nitrogens with zero attached hydrogens (tertiary/aromatic N) is 3. The Balaban J connectivity index is 1.98. The third-order valence-corrected chi connectivity index (χ3v) is 4.52. The molecule has 0 spiro atoms. The first kappa shape index (κ1) is 14.9. The van der Waals surface area contributed by atoms with Gasteiger partial charge in [0, 0.05) is 18.4 Å². The molecule has 0 aliphatic carbocycles. The number of anilines is 1. The highest BCUT2D eigenvalue weighted by atomic mass is 32.1. The van der Waals surface area contributed by atoms with Gasteiger partial charge in [-0.25, -0.2) is 14.4 Å². The van der Waals surface area contributed by atoms with Gasteiger partial charge in [-0.05, 0) is 37.1 Å². The van der Waals surface area contributed by atoms with Crippen molar-refractivity contribution in [3.05, 3.63) is 46.9 Å². The number of hydrogen-bond acceptors (Lipinski definition) is 5. The van der Waals surface area contributed by atoms with Crippen molar-refractivity contribution in [2.45, 2.75) is 20.0 Å². The summed E-state index contributed by atoms with van der Waals surface area (Å²) in [4.78, 5) is 10.8. The molecule has 4 nitrogen and oxygen atoms in total. The lowest BCUT2D eigenvalue weighted by Gasteiger charge is -2.21. The maximum Gasteiger partial charge on any atom is 0.145 e. The zero-order valence-electron chi connectivity index (χ0n) is 12.2. The fraction of sp³-hybridized carbons (Fsp3) is 0.250. The predicted octanol–water partition coefficient (Wildman–Crippen LogP) is 3.53. The first-order valence-electron chi connectivity index (χ1n) is 6.98. The molecule has 2 aromatic rings. The van der Waals surface area contributed by atoms with Gasteiger partial charge in [0.05, 0.1) is 12.3 Å². The summed E-state index contributed by atoms with van der Waals surface area (Å²) in [7, 11) is 0. The van der Waals surface area contributed by atoms with Gasteiger partial charge < -0.3 is 10.0 Å². The van der Waals surface area contributed by atoms with Gasteiger partial charge >= 0.3 is 0 Å². The van der Waals surface area contributed by atoms with Crippen LogP contribution in [0.2, 0.25) is 0 Å². The van der Waals surface area contributed by atoms with E-state index in [9.17, 15) is 9.50 Å². The molecule has 1 aliphatic heterocycles. The van der Waals surface area contributed by atoms with Crippen LogP contribution in [-0.4, -0.2) is 22.8 Å². The van der Waals surface area contributed by atoms with E-state index in [0.29, 0.717) is 10.7 Å².